The zero-order valence-electron chi connectivity index (χ0n) is 11.2. The number of benzene rings is 1. The SMILES string of the molecule is COC1(CC(=O)NCC(Cl)c2ccccc2)CCC1. The monoisotopic (exact) mass is 281 g/mol. The summed E-state index contributed by atoms with van der Waals surface area (Å²) in [6.45, 7) is 0.449. The van der Waals surface area contributed by atoms with Gasteiger partial charge in [0.15, 0.2) is 0 Å². The van der Waals surface area contributed by atoms with Crippen LogP contribution in [0.25, 0.3) is 0 Å². The number of rotatable bonds is 6. The minimum Gasteiger partial charge on any atom is -0.378 e. The summed E-state index contributed by atoms with van der Waals surface area (Å²) in [5, 5.41) is 2.70. The van der Waals surface area contributed by atoms with Crippen molar-refractivity contribution in [3.8, 4) is 0 Å². The minimum absolute atomic E-state index is 0.0168. The molecule has 0 aliphatic heterocycles. The first kappa shape index (κ1) is 14.4. The summed E-state index contributed by atoms with van der Waals surface area (Å²) in [6, 6.07) is 9.77. The van der Waals surface area contributed by atoms with Crippen molar-refractivity contribution in [2.75, 3.05) is 13.7 Å². The fourth-order valence-electron chi connectivity index (χ4n) is 2.36. The van der Waals surface area contributed by atoms with Crippen LogP contribution in [0.5, 0.6) is 0 Å². The van der Waals surface area contributed by atoms with Crippen molar-refractivity contribution >= 4 is 17.5 Å². The van der Waals surface area contributed by atoms with Gasteiger partial charge in [-0.05, 0) is 24.8 Å². The standard InChI is InChI=1S/C15H20ClNO2/c1-19-15(8-5-9-15)10-14(18)17-11-13(16)12-6-3-2-4-7-12/h2-4,6-7,13H,5,8-11H2,1H3,(H,17,18). The maximum Gasteiger partial charge on any atom is 0.222 e. The molecule has 1 fully saturated rings. The Morgan fingerprint density at radius 1 is 1.42 bits per heavy atom. The molecule has 1 aliphatic rings. The van der Waals surface area contributed by atoms with E-state index in [1.807, 2.05) is 30.3 Å². The van der Waals surface area contributed by atoms with E-state index in [9.17, 15) is 4.79 Å². The summed E-state index contributed by atoms with van der Waals surface area (Å²) >= 11 is 6.26. The van der Waals surface area contributed by atoms with Gasteiger partial charge >= 0.3 is 0 Å². The molecule has 0 bridgehead atoms. The molecular weight excluding hydrogens is 262 g/mol. The average molecular weight is 282 g/mol. The molecule has 0 radical (unpaired) electrons. The van der Waals surface area contributed by atoms with Crippen LogP contribution in [-0.4, -0.2) is 25.2 Å². The number of hydrogen-bond acceptors (Lipinski definition) is 2. The highest BCUT2D eigenvalue weighted by atomic mass is 35.5. The van der Waals surface area contributed by atoms with Crippen molar-refractivity contribution in [1.82, 2.24) is 5.32 Å². The molecule has 2 rings (SSSR count). The van der Waals surface area contributed by atoms with Crippen molar-refractivity contribution in [3.05, 3.63) is 35.9 Å². The lowest BCUT2D eigenvalue weighted by Gasteiger charge is -2.39. The number of carbonyl (C=O) groups is 1. The van der Waals surface area contributed by atoms with E-state index in [2.05, 4.69) is 5.32 Å². The van der Waals surface area contributed by atoms with Crippen LogP contribution < -0.4 is 5.32 Å². The molecule has 0 heterocycles. The summed E-state index contributed by atoms with van der Waals surface area (Å²) < 4.78 is 5.44. The van der Waals surface area contributed by atoms with Crippen molar-refractivity contribution in [1.29, 1.82) is 0 Å². The number of ether oxygens (including phenoxy) is 1. The summed E-state index contributed by atoms with van der Waals surface area (Å²) in [4.78, 5) is 11.9. The maximum absolute atomic E-state index is 11.9. The molecule has 3 nitrogen and oxygen atoms in total. The molecule has 0 saturated heterocycles. The predicted octanol–water partition coefficient (Wildman–Crippen LogP) is 3.04. The van der Waals surface area contributed by atoms with Crippen LogP contribution in [-0.2, 0) is 9.53 Å². The van der Waals surface area contributed by atoms with Crippen LogP contribution in [0.3, 0.4) is 0 Å². The largest absolute Gasteiger partial charge is 0.378 e. The van der Waals surface area contributed by atoms with Crippen molar-refractivity contribution < 1.29 is 9.53 Å². The van der Waals surface area contributed by atoms with E-state index in [-0.39, 0.29) is 16.9 Å². The molecule has 104 valence electrons. The van der Waals surface area contributed by atoms with Gasteiger partial charge in [0.1, 0.15) is 0 Å². The third-order valence-electron chi connectivity index (χ3n) is 3.82. The quantitative estimate of drug-likeness (QED) is 0.814. The van der Waals surface area contributed by atoms with Crippen LogP contribution in [0.2, 0.25) is 0 Å². The Balaban J connectivity index is 1.77. The Kier molecular flexibility index (Phi) is 4.83. The van der Waals surface area contributed by atoms with Gasteiger partial charge in [-0.3, -0.25) is 4.79 Å². The fraction of sp³-hybridized carbons (Fsp3) is 0.533. The lowest BCUT2D eigenvalue weighted by atomic mass is 9.77. The van der Waals surface area contributed by atoms with E-state index < -0.39 is 0 Å². The van der Waals surface area contributed by atoms with Crippen LogP contribution in [0.4, 0.5) is 0 Å². The molecule has 4 heteroatoms. The molecular formula is C15H20ClNO2. The van der Waals surface area contributed by atoms with Crippen LogP contribution in [0, 0.1) is 0 Å². The van der Waals surface area contributed by atoms with E-state index >= 15 is 0 Å². The van der Waals surface area contributed by atoms with Crippen LogP contribution in [0.1, 0.15) is 36.6 Å². The van der Waals surface area contributed by atoms with Gasteiger partial charge in [-0.15, -0.1) is 11.6 Å². The van der Waals surface area contributed by atoms with Gasteiger partial charge in [0.05, 0.1) is 17.4 Å². The van der Waals surface area contributed by atoms with E-state index in [0.717, 1.165) is 24.8 Å². The Hall–Kier alpha value is -1.06. The summed E-state index contributed by atoms with van der Waals surface area (Å²) in [7, 11) is 1.68. The van der Waals surface area contributed by atoms with Crippen LogP contribution >= 0.6 is 11.6 Å². The molecule has 1 amide bonds. The van der Waals surface area contributed by atoms with Gasteiger partial charge in [-0.1, -0.05) is 30.3 Å². The highest BCUT2D eigenvalue weighted by Gasteiger charge is 2.38. The Labute approximate surface area is 119 Å². The fourth-order valence-corrected chi connectivity index (χ4v) is 2.59. The number of halogens is 1. The van der Waals surface area contributed by atoms with E-state index in [1.54, 1.807) is 7.11 Å². The number of methoxy groups -OCH3 is 1. The van der Waals surface area contributed by atoms with Gasteiger partial charge in [0.2, 0.25) is 5.91 Å². The summed E-state index contributed by atoms with van der Waals surface area (Å²) in [5.41, 5.74) is 0.799. The number of nitrogens with one attached hydrogen (secondary N) is 1. The highest BCUT2D eigenvalue weighted by molar-refractivity contribution is 6.21. The number of alkyl halides is 1. The zero-order chi connectivity index (χ0) is 13.7. The van der Waals surface area contributed by atoms with E-state index in [4.69, 9.17) is 16.3 Å². The molecule has 0 spiro atoms. The molecule has 1 unspecified atom stereocenters. The Morgan fingerprint density at radius 2 is 2.11 bits per heavy atom. The first-order valence-electron chi connectivity index (χ1n) is 6.66. The third-order valence-corrected chi connectivity index (χ3v) is 4.23. The van der Waals surface area contributed by atoms with Gasteiger partial charge in [-0.2, -0.15) is 0 Å². The first-order valence-corrected chi connectivity index (χ1v) is 7.10. The van der Waals surface area contributed by atoms with E-state index in [1.165, 1.54) is 0 Å². The molecule has 1 aromatic carbocycles. The second kappa shape index (κ2) is 6.40. The van der Waals surface area contributed by atoms with Gasteiger partial charge in [0, 0.05) is 13.7 Å². The second-order valence-electron chi connectivity index (χ2n) is 5.10. The second-order valence-corrected chi connectivity index (χ2v) is 5.63. The number of hydrogen-bond donors (Lipinski definition) is 1. The van der Waals surface area contributed by atoms with Crippen molar-refractivity contribution in [3.63, 3.8) is 0 Å². The first-order chi connectivity index (χ1) is 9.15. The molecule has 0 aromatic heterocycles. The smallest absolute Gasteiger partial charge is 0.222 e. The van der Waals surface area contributed by atoms with Crippen molar-refractivity contribution in [2.45, 2.75) is 36.7 Å². The normalized spacial score (nSPS) is 18.4. The topological polar surface area (TPSA) is 38.3 Å². The van der Waals surface area contributed by atoms with Crippen molar-refractivity contribution in [2.24, 2.45) is 0 Å². The molecule has 1 atom stereocenters. The van der Waals surface area contributed by atoms with Gasteiger partial charge < -0.3 is 10.1 Å². The van der Waals surface area contributed by atoms with Gasteiger partial charge in [-0.25, -0.2) is 0 Å². The summed E-state index contributed by atoms with van der Waals surface area (Å²) in [5.74, 6) is 0.0168. The van der Waals surface area contributed by atoms with E-state index in [0.29, 0.717) is 13.0 Å². The number of carbonyl (C=O) groups excluding carboxylic acids is 1. The van der Waals surface area contributed by atoms with Crippen LogP contribution in [0.15, 0.2) is 30.3 Å². The predicted molar refractivity (Wildman–Crippen MR) is 76.3 cm³/mol. The maximum atomic E-state index is 11.9. The minimum atomic E-state index is -0.224. The molecule has 1 aromatic rings. The number of amides is 1. The summed E-state index contributed by atoms with van der Waals surface area (Å²) in [6.07, 6.45) is 3.52. The molecule has 19 heavy (non-hydrogen) atoms. The molecule has 1 saturated carbocycles. The van der Waals surface area contributed by atoms with Gasteiger partial charge in [0.25, 0.3) is 0 Å². The third kappa shape index (κ3) is 3.71. The lowest BCUT2D eigenvalue weighted by molar-refractivity contribution is -0.134. The Bertz CT molecular complexity index is 412. The molecule has 1 N–H and O–H groups in total. The lowest BCUT2D eigenvalue weighted by Crippen LogP contribution is -2.44. The zero-order valence-corrected chi connectivity index (χ0v) is 12.0. The average Bonchev–Trinajstić information content (AvgIpc) is 2.41. The molecule has 1 aliphatic carbocycles. The Morgan fingerprint density at radius 3 is 2.63 bits per heavy atom. The highest BCUT2D eigenvalue weighted by Crippen LogP contribution is 2.37.